The first-order chi connectivity index (χ1) is 11.9. The third-order valence-electron chi connectivity index (χ3n) is 3.96. The van der Waals surface area contributed by atoms with Gasteiger partial charge in [-0.05, 0) is 24.6 Å². The molecule has 0 N–H and O–H groups in total. The molecule has 0 saturated carbocycles. The molecule has 1 aromatic carbocycles. The van der Waals surface area contributed by atoms with Crippen LogP contribution in [0.25, 0.3) is 0 Å². The molecule has 136 valence electrons. The summed E-state index contributed by atoms with van der Waals surface area (Å²) in [5.74, 6) is -2.24. The Morgan fingerprint density at radius 3 is 2.48 bits per heavy atom. The molecular formula is C15H18F2N4O2S2. The minimum absolute atomic E-state index is 0.235. The molecule has 0 radical (unpaired) electrons. The van der Waals surface area contributed by atoms with E-state index in [1.807, 2.05) is 4.90 Å². The zero-order chi connectivity index (χ0) is 18.0. The Morgan fingerprint density at radius 2 is 1.84 bits per heavy atom. The maximum Gasteiger partial charge on any atom is 0.243 e. The van der Waals surface area contributed by atoms with Gasteiger partial charge >= 0.3 is 0 Å². The van der Waals surface area contributed by atoms with Crippen LogP contribution in [0.2, 0.25) is 0 Å². The van der Waals surface area contributed by atoms with Crippen molar-refractivity contribution in [3.63, 3.8) is 0 Å². The Bertz CT molecular complexity index is 849. The fourth-order valence-electron chi connectivity index (χ4n) is 2.59. The molecule has 3 rings (SSSR count). The minimum atomic E-state index is -3.84. The number of sulfonamides is 1. The predicted molar refractivity (Wildman–Crippen MR) is 91.2 cm³/mol. The van der Waals surface area contributed by atoms with Crippen molar-refractivity contribution in [3.05, 3.63) is 34.8 Å². The van der Waals surface area contributed by atoms with Gasteiger partial charge in [0.1, 0.15) is 5.01 Å². The maximum absolute atomic E-state index is 13.3. The van der Waals surface area contributed by atoms with Gasteiger partial charge in [-0.25, -0.2) is 17.2 Å². The van der Waals surface area contributed by atoms with E-state index in [1.54, 1.807) is 0 Å². The molecule has 0 spiro atoms. The van der Waals surface area contributed by atoms with Crippen molar-refractivity contribution in [3.8, 4) is 0 Å². The van der Waals surface area contributed by atoms with E-state index in [9.17, 15) is 17.2 Å². The maximum atomic E-state index is 13.3. The highest BCUT2D eigenvalue weighted by Crippen LogP contribution is 2.25. The largest absolute Gasteiger partial charge is 0.344 e. The van der Waals surface area contributed by atoms with Crippen molar-refractivity contribution in [2.24, 2.45) is 0 Å². The Hall–Kier alpha value is -1.65. The molecule has 1 aliphatic heterocycles. The highest BCUT2D eigenvalue weighted by atomic mass is 32.2. The summed E-state index contributed by atoms with van der Waals surface area (Å²) in [5, 5.41) is 10.0. The van der Waals surface area contributed by atoms with Crippen molar-refractivity contribution in [2.75, 3.05) is 31.1 Å². The lowest BCUT2D eigenvalue weighted by Crippen LogP contribution is -2.48. The first-order valence-electron chi connectivity index (χ1n) is 7.94. The topological polar surface area (TPSA) is 66.4 Å². The van der Waals surface area contributed by atoms with E-state index in [1.165, 1.54) is 15.6 Å². The SMILES string of the molecule is CCCc1nnc(N2CCN(S(=O)(=O)c3ccc(F)c(F)c3)CC2)s1. The molecule has 6 nitrogen and oxygen atoms in total. The van der Waals surface area contributed by atoms with Crippen molar-refractivity contribution in [1.29, 1.82) is 0 Å². The van der Waals surface area contributed by atoms with Gasteiger partial charge in [0.05, 0.1) is 4.90 Å². The predicted octanol–water partition coefficient (Wildman–Crippen LogP) is 2.28. The summed E-state index contributed by atoms with van der Waals surface area (Å²) in [6.45, 7) is 3.53. The molecule has 1 aromatic heterocycles. The molecule has 0 amide bonds. The lowest BCUT2D eigenvalue weighted by atomic mass is 10.3. The molecule has 0 bridgehead atoms. The molecular weight excluding hydrogens is 370 g/mol. The van der Waals surface area contributed by atoms with Gasteiger partial charge in [0.15, 0.2) is 11.6 Å². The number of hydrogen-bond donors (Lipinski definition) is 0. The minimum Gasteiger partial charge on any atom is -0.344 e. The molecule has 1 fully saturated rings. The molecule has 25 heavy (non-hydrogen) atoms. The number of anilines is 1. The summed E-state index contributed by atoms with van der Waals surface area (Å²) in [5.41, 5.74) is 0. The monoisotopic (exact) mass is 388 g/mol. The van der Waals surface area contributed by atoms with Gasteiger partial charge < -0.3 is 4.90 Å². The zero-order valence-corrected chi connectivity index (χ0v) is 15.3. The number of nitrogens with zero attached hydrogens (tertiary/aromatic N) is 4. The van der Waals surface area contributed by atoms with E-state index in [0.717, 1.165) is 41.2 Å². The standard InChI is InChI=1S/C15H18F2N4O2S2/c1-2-3-14-18-19-15(24-14)20-6-8-21(9-7-20)25(22,23)11-4-5-12(16)13(17)10-11/h4-5,10H,2-3,6-9H2,1H3. The highest BCUT2D eigenvalue weighted by Gasteiger charge is 2.30. The summed E-state index contributed by atoms with van der Waals surface area (Å²) in [7, 11) is -3.84. The van der Waals surface area contributed by atoms with Crippen LogP contribution >= 0.6 is 11.3 Å². The highest BCUT2D eigenvalue weighted by molar-refractivity contribution is 7.89. The fraction of sp³-hybridized carbons (Fsp3) is 0.467. The van der Waals surface area contributed by atoms with Crippen LogP contribution in [0.1, 0.15) is 18.4 Å². The van der Waals surface area contributed by atoms with E-state index in [4.69, 9.17) is 0 Å². The van der Waals surface area contributed by atoms with E-state index >= 15 is 0 Å². The Labute approximate surface area is 149 Å². The van der Waals surface area contributed by atoms with Gasteiger partial charge in [0.25, 0.3) is 0 Å². The van der Waals surface area contributed by atoms with Crippen molar-refractivity contribution in [2.45, 2.75) is 24.7 Å². The van der Waals surface area contributed by atoms with Crippen LogP contribution in [0.15, 0.2) is 23.1 Å². The first kappa shape index (κ1) is 18.2. The van der Waals surface area contributed by atoms with Crippen LogP contribution in [0.4, 0.5) is 13.9 Å². The second-order valence-electron chi connectivity index (χ2n) is 5.70. The quantitative estimate of drug-likeness (QED) is 0.786. The molecule has 10 heteroatoms. The third-order valence-corrected chi connectivity index (χ3v) is 6.90. The van der Waals surface area contributed by atoms with E-state index in [-0.39, 0.29) is 18.0 Å². The summed E-state index contributed by atoms with van der Waals surface area (Å²) < 4.78 is 52.8. The first-order valence-corrected chi connectivity index (χ1v) is 10.2. The Kier molecular flexibility index (Phi) is 5.30. The second-order valence-corrected chi connectivity index (χ2v) is 8.67. The smallest absolute Gasteiger partial charge is 0.243 e. The van der Waals surface area contributed by atoms with Crippen LogP contribution in [0.5, 0.6) is 0 Å². The summed E-state index contributed by atoms with van der Waals surface area (Å²) in [6.07, 6.45) is 1.87. The molecule has 0 atom stereocenters. The van der Waals surface area contributed by atoms with Crippen molar-refractivity contribution in [1.82, 2.24) is 14.5 Å². The van der Waals surface area contributed by atoms with Crippen molar-refractivity contribution < 1.29 is 17.2 Å². The number of rotatable bonds is 5. The number of halogens is 2. The number of piperazine rings is 1. The second kappa shape index (κ2) is 7.30. The normalized spacial score (nSPS) is 16.4. The van der Waals surface area contributed by atoms with Gasteiger partial charge in [0.2, 0.25) is 15.2 Å². The molecule has 2 aromatic rings. The van der Waals surface area contributed by atoms with Crippen LogP contribution in [0.3, 0.4) is 0 Å². The third kappa shape index (κ3) is 3.80. The van der Waals surface area contributed by atoms with Crippen LogP contribution < -0.4 is 4.90 Å². The summed E-state index contributed by atoms with van der Waals surface area (Å²) >= 11 is 1.52. The van der Waals surface area contributed by atoms with Gasteiger partial charge in [-0.3, -0.25) is 0 Å². The van der Waals surface area contributed by atoms with Gasteiger partial charge in [-0.1, -0.05) is 18.3 Å². The van der Waals surface area contributed by atoms with Crippen LogP contribution in [0, 0.1) is 11.6 Å². The van der Waals surface area contributed by atoms with Crippen LogP contribution in [-0.2, 0) is 16.4 Å². The summed E-state index contributed by atoms with van der Waals surface area (Å²) in [6, 6.07) is 2.63. The van der Waals surface area contributed by atoms with E-state index in [0.29, 0.717) is 13.1 Å². The number of hydrogen-bond acceptors (Lipinski definition) is 6. The lowest BCUT2D eigenvalue weighted by Gasteiger charge is -2.33. The van der Waals surface area contributed by atoms with E-state index in [2.05, 4.69) is 17.1 Å². The van der Waals surface area contributed by atoms with E-state index < -0.39 is 21.7 Å². The van der Waals surface area contributed by atoms with Crippen molar-refractivity contribution >= 4 is 26.5 Å². The zero-order valence-electron chi connectivity index (χ0n) is 13.7. The number of aryl methyl sites for hydroxylation is 1. The fourth-order valence-corrected chi connectivity index (χ4v) is 5.02. The lowest BCUT2D eigenvalue weighted by molar-refractivity contribution is 0.384. The van der Waals surface area contributed by atoms with Gasteiger partial charge in [0, 0.05) is 32.6 Å². The molecule has 2 heterocycles. The Morgan fingerprint density at radius 1 is 1.12 bits per heavy atom. The van der Waals surface area contributed by atoms with Crippen LogP contribution in [-0.4, -0.2) is 49.1 Å². The van der Waals surface area contributed by atoms with Gasteiger partial charge in [-0.15, -0.1) is 10.2 Å². The number of aromatic nitrogens is 2. The molecule has 0 aliphatic carbocycles. The number of benzene rings is 1. The molecule has 1 saturated heterocycles. The summed E-state index contributed by atoms with van der Waals surface area (Å²) in [4.78, 5) is 1.76. The molecule has 1 aliphatic rings. The average molecular weight is 388 g/mol. The molecule has 0 unspecified atom stereocenters. The average Bonchev–Trinajstić information content (AvgIpc) is 3.06. The Balaban J connectivity index is 1.69. The van der Waals surface area contributed by atoms with Gasteiger partial charge in [-0.2, -0.15) is 4.31 Å².